The van der Waals surface area contributed by atoms with Gasteiger partial charge in [-0.15, -0.1) is 0 Å². The summed E-state index contributed by atoms with van der Waals surface area (Å²) in [4.78, 5) is 3.75. The minimum absolute atomic E-state index is 0. The summed E-state index contributed by atoms with van der Waals surface area (Å²) in [5, 5.41) is 8.59. The van der Waals surface area contributed by atoms with Crippen LogP contribution in [0, 0.1) is 0 Å². The molecule has 0 unspecified atom stereocenters. The molecule has 0 saturated carbocycles. The first-order valence-corrected chi connectivity index (χ1v) is 3.92. The molecule has 14 heavy (non-hydrogen) atoms. The summed E-state index contributed by atoms with van der Waals surface area (Å²) in [5.74, 6) is 0.425. The van der Waals surface area contributed by atoms with Gasteiger partial charge in [0.25, 0.3) is 0 Å². The molecule has 1 N–H and O–H groups in total. The van der Waals surface area contributed by atoms with Crippen molar-refractivity contribution in [1.82, 2.24) is 4.98 Å². The molecule has 1 rings (SSSR count). The Kier molecular flexibility index (Phi) is 5.76. The first-order valence-electron chi connectivity index (χ1n) is 3.51. The number of aromatic nitrogens is 1. The van der Waals surface area contributed by atoms with Gasteiger partial charge in [0.1, 0.15) is 18.1 Å². The molecule has 1 radical (unpaired) electrons. The first kappa shape index (κ1) is 13.4. The van der Waals surface area contributed by atoms with E-state index in [9.17, 15) is 4.39 Å². The van der Waals surface area contributed by atoms with Gasteiger partial charge >= 0.3 is 0 Å². The maximum Gasteiger partial charge on any atom is 0.207 e. The van der Waals surface area contributed by atoms with E-state index in [4.69, 9.17) is 9.84 Å². The van der Waals surface area contributed by atoms with Crippen molar-refractivity contribution < 1.29 is 34.3 Å². The molecule has 79 valence electrons. The summed E-state index contributed by atoms with van der Waals surface area (Å²) in [6.45, 7) is -0.715. The molecule has 0 aliphatic heterocycles. The van der Waals surface area contributed by atoms with Crippen LogP contribution in [0.1, 0.15) is 11.4 Å². The molecular formula is C8H8FIrNO2S. The summed E-state index contributed by atoms with van der Waals surface area (Å²) >= 11 is 4.49. The first-order chi connectivity index (χ1) is 6.17. The van der Waals surface area contributed by atoms with E-state index in [0.717, 1.165) is 0 Å². The fourth-order valence-electron chi connectivity index (χ4n) is 0.856. The molecule has 1 aromatic rings. The summed E-state index contributed by atoms with van der Waals surface area (Å²) in [5.41, 5.74) is 0.341. The number of hydrogen-bond donors (Lipinski definition) is 1. The Morgan fingerprint density at radius 2 is 2.29 bits per heavy atom. The Morgan fingerprint density at radius 3 is 2.71 bits per heavy atom. The zero-order chi connectivity index (χ0) is 9.84. The molecule has 0 aliphatic rings. The van der Waals surface area contributed by atoms with Gasteiger partial charge < -0.3 is 9.84 Å². The SMILES string of the molecule is COc1cc(CF)nc(C(O)=S)c1.[Ir]. The van der Waals surface area contributed by atoms with Gasteiger partial charge in [0.05, 0.1) is 12.8 Å². The molecule has 0 aromatic carbocycles. The summed E-state index contributed by atoms with van der Waals surface area (Å²) in [6.07, 6.45) is 0. The Balaban J connectivity index is 0.00000169. The van der Waals surface area contributed by atoms with E-state index >= 15 is 0 Å². The van der Waals surface area contributed by atoms with Crippen LogP contribution in [0.5, 0.6) is 5.75 Å². The monoisotopic (exact) mass is 394 g/mol. The molecule has 0 atom stereocenters. The van der Waals surface area contributed by atoms with Gasteiger partial charge in [-0.05, 0) is 12.2 Å². The van der Waals surface area contributed by atoms with Crippen LogP contribution in [0.15, 0.2) is 12.1 Å². The summed E-state index contributed by atoms with van der Waals surface area (Å²) < 4.78 is 17.1. The minimum Gasteiger partial charge on any atom is -0.497 e. The van der Waals surface area contributed by atoms with Crippen molar-refractivity contribution in [3.8, 4) is 5.75 Å². The Labute approximate surface area is 99.7 Å². The van der Waals surface area contributed by atoms with E-state index in [-0.39, 0.29) is 36.5 Å². The van der Waals surface area contributed by atoms with Crippen LogP contribution in [0.3, 0.4) is 0 Å². The smallest absolute Gasteiger partial charge is 0.207 e. The van der Waals surface area contributed by atoms with Crippen molar-refractivity contribution in [3.63, 3.8) is 0 Å². The third-order valence-electron chi connectivity index (χ3n) is 1.44. The van der Waals surface area contributed by atoms with Crippen LogP contribution in [-0.2, 0) is 26.8 Å². The van der Waals surface area contributed by atoms with E-state index in [2.05, 4.69) is 17.2 Å². The molecule has 0 bridgehead atoms. The van der Waals surface area contributed by atoms with Gasteiger partial charge in [0.15, 0.2) is 0 Å². The van der Waals surface area contributed by atoms with Crippen molar-refractivity contribution in [3.05, 3.63) is 23.5 Å². The molecule has 6 heteroatoms. The minimum atomic E-state index is -0.715. The van der Waals surface area contributed by atoms with Crippen molar-refractivity contribution in [1.29, 1.82) is 0 Å². The molecule has 0 saturated heterocycles. The van der Waals surface area contributed by atoms with E-state index < -0.39 is 6.67 Å². The van der Waals surface area contributed by atoms with Crippen molar-refractivity contribution in [2.75, 3.05) is 7.11 Å². The summed E-state index contributed by atoms with van der Waals surface area (Å²) in [7, 11) is 1.45. The number of alkyl halides is 1. The molecule has 0 fully saturated rings. The zero-order valence-electron chi connectivity index (χ0n) is 7.28. The van der Waals surface area contributed by atoms with E-state index in [1.54, 1.807) is 0 Å². The number of aliphatic hydroxyl groups is 1. The van der Waals surface area contributed by atoms with Crippen LogP contribution in [-0.4, -0.2) is 22.3 Å². The van der Waals surface area contributed by atoms with Gasteiger partial charge in [-0.3, -0.25) is 0 Å². The van der Waals surface area contributed by atoms with Crippen molar-refractivity contribution >= 4 is 17.3 Å². The predicted octanol–water partition coefficient (Wildman–Crippen LogP) is 1.79. The standard InChI is InChI=1S/C8H8FNO2S.Ir/c1-12-6-2-5(4-9)10-7(3-6)8(11)13;/h2-3H,4H2,1H3,(H,11,13);. The molecule has 1 aromatic heterocycles. The van der Waals surface area contributed by atoms with Crippen LogP contribution in [0.4, 0.5) is 4.39 Å². The number of methoxy groups -OCH3 is 1. The Hall–Kier alpha value is -0.581. The second-order valence-corrected chi connectivity index (χ2v) is 2.71. The van der Waals surface area contributed by atoms with Gasteiger partial charge in [0, 0.05) is 32.2 Å². The zero-order valence-corrected chi connectivity index (χ0v) is 10.5. The van der Waals surface area contributed by atoms with Gasteiger partial charge in [-0.1, -0.05) is 0 Å². The molecule has 1 heterocycles. The molecule has 0 aliphatic carbocycles. The summed E-state index contributed by atoms with van der Waals surface area (Å²) in [6, 6.07) is 2.89. The number of ether oxygens (including phenoxy) is 1. The maximum atomic E-state index is 12.2. The molecule has 0 amide bonds. The molecule has 0 spiro atoms. The number of aliphatic hydroxyl groups excluding tert-OH is 1. The average Bonchev–Trinajstić information content (AvgIpc) is 2.16. The van der Waals surface area contributed by atoms with E-state index in [1.807, 2.05) is 0 Å². The molecule has 3 nitrogen and oxygen atoms in total. The van der Waals surface area contributed by atoms with Crippen LogP contribution in [0.2, 0.25) is 0 Å². The predicted molar refractivity (Wildman–Crippen MR) is 49.9 cm³/mol. The fraction of sp³-hybridized carbons (Fsp3) is 0.250. The number of nitrogens with zero attached hydrogens (tertiary/aromatic N) is 1. The average molecular weight is 393 g/mol. The van der Waals surface area contributed by atoms with Crippen molar-refractivity contribution in [2.24, 2.45) is 0 Å². The second kappa shape index (κ2) is 6.01. The fourth-order valence-corrected chi connectivity index (χ4v) is 0.960. The number of pyridine rings is 1. The quantitative estimate of drug-likeness (QED) is 0.796. The third-order valence-corrected chi connectivity index (χ3v) is 1.65. The Morgan fingerprint density at radius 1 is 1.64 bits per heavy atom. The van der Waals surface area contributed by atoms with Gasteiger partial charge in [-0.2, -0.15) is 0 Å². The topological polar surface area (TPSA) is 42.4 Å². The number of rotatable bonds is 3. The van der Waals surface area contributed by atoms with Gasteiger partial charge in [-0.25, -0.2) is 9.37 Å². The number of thiocarbonyl (C=S) groups is 1. The number of hydrogen-bond acceptors (Lipinski definition) is 3. The van der Waals surface area contributed by atoms with Crippen LogP contribution >= 0.6 is 12.2 Å². The second-order valence-electron chi connectivity index (χ2n) is 2.32. The maximum absolute atomic E-state index is 12.2. The Bertz CT molecular complexity index is 313. The van der Waals surface area contributed by atoms with Crippen molar-refractivity contribution in [2.45, 2.75) is 6.67 Å². The third kappa shape index (κ3) is 3.29. The normalized spacial score (nSPS) is 9.00. The largest absolute Gasteiger partial charge is 0.497 e. The van der Waals surface area contributed by atoms with E-state index in [1.165, 1.54) is 19.2 Å². The van der Waals surface area contributed by atoms with Crippen LogP contribution in [0.25, 0.3) is 0 Å². The molecular weight excluding hydrogens is 385 g/mol. The van der Waals surface area contributed by atoms with E-state index in [0.29, 0.717) is 5.75 Å². The van der Waals surface area contributed by atoms with Crippen LogP contribution < -0.4 is 4.74 Å². The number of halogens is 1. The van der Waals surface area contributed by atoms with Gasteiger partial charge in [0.2, 0.25) is 5.05 Å².